The molecule has 2 heterocycles. The van der Waals surface area contributed by atoms with Crippen molar-refractivity contribution in [1.82, 2.24) is 10.2 Å². The van der Waals surface area contributed by atoms with Crippen LogP contribution in [0.5, 0.6) is 0 Å². The molecule has 1 fully saturated rings. The van der Waals surface area contributed by atoms with Crippen LogP contribution in [0.3, 0.4) is 0 Å². The third-order valence-corrected chi connectivity index (χ3v) is 3.43. The molecule has 1 amide bonds. The first-order chi connectivity index (χ1) is 6.81. The Morgan fingerprint density at radius 3 is 3.14 bits per heavy atom. The molecule has 0 aromatic carbocycles. The van der Waals surface area contributed by atoms with E-state index in [-0.39, 0.29) is 11.9 Å². The van der Waals surface area contributed by atoms with Crippen LogP contribution in [0.1, 0.15) is 11.3 Å². The summed E-state index contributed by atoms with van der Waals surface area (Å²) < 4.78 is 0. The molecule has 1 aliphatic rings. The Balaban J connectivity index is 1.97. The standard InChI is InChI=1S/C10H14N2OS/c1-11-9-4-5-12(10(9)13)7-8-3-2-6-14-8/h2-3,6,9,11H,4-5,7H2,1H3. The molecule has 0 bridgehead atoms. The van der Waals surface area contributed by atoms with Crippen molar-refractivity contribution in [2.45, 2.75) is 19.0 Å². The van der Waals surface area contributed by atoms with Crippen LogP contribution in [0.25, 0.3) is 0 Å². The summed E-state index contributed by atoms with van der Waals surface area (Å²) in [6.07, 6.45) is 0.931. The summed E-state index contributed by atoms with van der Waals surface area (Å²) in [6.45, 7) is 1.65. The minimum absolute atomic E-state index is 0.0370. The van der Waals surface area contributed by atoms with Crippen LogP contribution in [-0.2, 0) is 11.3 Å². The van der Waals surface area contributed by atoms with Crippen molar-refractivity contribution in [3.05, 3.63) is 22.4 Å². The van der Waals surface area contributed by atoms with Crippen LogP contribution in [0.4, 0.5) is 0 Å². The number of likely N-dealkylation sites (tertiary alicyclic amines) is 1. The van der Waals surface area contributed by atoms with Gasteiger partial charge in [0.1, 0.15) is 0 Å². The number of amides is 1. The van der Waals surface area contributed by atoms with E-state index in [4.69, 9.17) is 0 Å². The van der Waals surface area contributed by atoms with Crippen LogP contribution in [-0.4, -0.2) is 30.4 Å². The quantitative estimate of drug-likeness (QED) is 0.809. The van der Waals surface area contributed by atoms with Gasteiger partial charge in [-0.1, -0.05) is 6.07 Å². The summed E-state index contributed by atoms with van der Waals surface area (Å²) in [6, 6.07) is 4.13. The molecule has 1 saturated heterocycles. The summed E-state index contributed by atoms with van der Waals surface area (Å²) >= 11 is 1.71. The van der Waals surface area contributed by atoms with Crippen molar-refractivity contribution in [3.8, 4) is 0 Å². The number of rotatable bonds is 3. The molecule has 1 aromatic rings. The van der Waals surface area contributed by atoms with Crippen LogP contribution < -0.4 is 5.32 Å². The summed E-state index contributed by atoms with van der Waals surface area (Å²) in [4.78, 5) is 14.9. The van der Waals surface area contributed by atoms with E-state index in [1.165, 1.54) is 4.88 Å². The first-order valence-corrected chi connectivity index (χ1v) is 5.67. The number of nitrogens with zero attached hydrogens (tertiary/aromatic N) is 1. The topological polar surface area (TPSA) is 32.3 Å². The van der Waals surface area contributed by atoms with Crippen LogP contribution in [0, 0.1) is 0 Å². The second-order valence-corrected chi connectivity index (χ2v) is 4.50. The van der Waals surface area contributed by atoms with E-state index >= 15 is 0 Å². The smallest absolute Gasteiger partial charge is 0.240 e. The third kappa shape index (κ3) is 1.81. The largest absolute Gasteiger partial charge is 0.336 e. The maximum atomic E-state index is 11.7. The summed E-state index contributed by atoms with van der Waals surface area (Å²) in [5.41, 5.74) is 0. The molecule has 0 spiro atoms. The minimum atomic E-state index is 0.0370. The Labute approximate surface area is 87.7 Å². The van der Waals surface area contributed by atoms with Gasteiger partial charge in [-0.25, -0.2) is 0 Å². The predicted molar refractivity (Wildman–Crippen MR) is 57.2 cm³/mol. The summed E-state index contributed by atoms with van der Waals surface area (Å²) in [7, 11) is 1.84. The Kier molecular flexibility index (Phi) is 2.84. The Morgan fingerprint density at radius 1 is 1.71 bits per heavy atom. The fourth-order valence-electron chi connectivity index (χ4n) is 1.75. The maximum absolute atomic E-state index is 11.7. The van der Waals surface area contributed by atoms with Gasteiger partial charge in [-0.2, -0.15) is 0 Å². The highest BCUT2D eigenvalue weighted by Gasteiger charge is 2.29. The molecule has 1 unspecified atom stereocenters. The van der Waals surface area contributed by atoms with Gasteiger partial charge in [0.05, 0.1) is 12.6 Å². The van der Waals surface area contributed by atoms with E-state index in [1.54, 1.807) is 11.3 Å². The molecule has 3 nitrogen and oxygen atoms in total. The highest BCUT2D eigenvalue weighted by Crippen LogP contribution is 2.17. The Morgan fingerprint density at radius 2 is 2.57 bits per heavy atom. The predicted octanol–water partition coefficient (Wildman–Crippen LogP) is 1.07. The normalized spacial score (nSPS) is 21.9. The lowest BCUT2D eigenvalue weighted by Gasteiger charge is -2.15. The average molecular weight is 210 g/mol. The lowest BCUT2D eigenvalue weighted by atomic mass is 10.3. The minimum Gasteiger partial charge on any atom is -0.336 e. The van der Waals surface area contributed by atoms with E-state index < -0.39 is 0 Å². The van der Waals surface area contributed by atoms with Crippen molar-refractivity contribution in [3.63, 3.8) is 0 Å². The molecule has 2 rings (SSSR count). The van der Waals surface area contributed by atoms with E-state index in [0.717, 1.165) is 19.5 Å². The molecule has 1 N–H and O–H groups in total. The number of nitrogens with one attached hydrogen (secondary N) is 1. The van der Waals surface area contributed by atoms with Gasteiger partial charge in [0.2, 0.25) is 5.91 Å². The highest BCUT2D eigenvalue weighted by atomic mass is 32.1. The monoisotopic (exact) mass is 210 g/mol. The SMILES string of the molecule is CNC1CCN(Cc2cccs2)C1=O. The molecule has 1 aliphatic heterocycles. The van der Waals surface area contributed by atoms with Gasteiger partial charge in [-0.15, -0.1) is 11.3 Å². The first kappa shape index (κ1) is 9.68. The highest BCUT2D eigenvalue weighted by molar-refractivity contribution is 7.09. The Hall–Kier alpha value is -0.870. The number of hydrogen-bond donors (Lipinski definition) is 1. The molecule has 0 saturated carbocycles. The molecule has 4 heteroatoms. The number of carbonyl (C=O) groups excluding carboxylic acids is 1. The number of thiophene rings is 1. The molecule has 76 valence electrons. The van der Waals surface area contributed by atoms with Crippen molar-refractivity contribution in [2.24, 2.45) is 0 Å². The van der Waals surface area contributed by atoms with E-state index in [1.807, 2.05) is 23.4 Å². The lowest BCUT2D eigenvalue weighted by Crippen LogP contribution is -2.35. The molecule has 14 heavy (non-hydrogen) atoms. The number of hydrogen-bond acceptors (Lipinski definition) is 3. The molecular formula is C10H14N2OS. The summed E-state index contributed by atoms with van der Waals surface area (Å²) in [5.74, 6) is 0.237. The van der Waals surface area contributed by atoms with E-state index in [0.29, 0.717) is 0 Å². The molecule has 0 aliphatic carbocycles. The van der Waals surface area contributed by atoms with Gasteiger partial charge in [0.25, 0.3) is 0 Å². The zero-order valence-electron chi connectivity index (χ0n) is 8.19. The number of carbonyl (C=O) groups is 1. The van der Waals surface area contributed by atoms with Gasteiger partial charge in [0, 0.05) is 11.4 Å². The van der Waals surface area contributed by atoms with Gasteiger partial charge in [-0.3, -0.25) is 4.79 Å². The van der Waals surface area contributed by atoms with Crippen molar-refractivity contribution in [1.29, 1.82) is 0 Å². The Bertz CT molecular complexity index is 310. The van der Waals surface area contributed by atoms with Crippen LogP contribution in [0.2, 0.25) is 0 Å². The van der Waals surface area contributed by atoms with Gasteiger partial charge in [0.15, 0.2) is 0 Å². The van der Waals surface area contributed by atoms with Gasteiger partial charge in [-0.05, 0) is 24.9 Å². The van der Waals surface area contributed by atoms with Crippen molar-refractivity contribution < 1.29 is 4.79 Å². The summed E-state index contributed by atoms with van der Waals surface area (Å²) in [5, 5.41) is 5.08. The van der Waals surface area contributed by atoms with Crippen LogP contribution in [0.15, 0.2) is 17.5 Å². The zero-order chi connectivity index (χ0) is 9.97. The first-order valence-electron chi connectivity index (χ1n) is 4.79. The zero-order valence-corrected chi connectivity index (χ0v) is 9.01. The van der Waals surface area contributed by atoms with Crippen LogP contribution >= 0.6 is 11.3 Å². The molecular weight excluding hydrogens is 196 g/mol. The van der Waals surface area contributed by atoms with Gasteiger partial charge < -0.3 is 10.2 Å². The third-order valence-electron chi connectivity index (χ3n) is 2.57. The van der Waals surface area contributed by atoms with E-state index in [9.17, 15) is 4.79 Å². The fourth-order valence-corrected chi connectivity index (χ4v) is 2.47. The molecule has 1 atom stereocenters. The maximum Gasteiger partial charge on any atom is 0.240 e. The van der Waals surface area contributed by atoms with Gasteiger partial charge >= 0.3 is 0 Å². The molecule has 0 radical (unpaired) electrons. The second-order valence-electron chi connectivity index (χ2n) is 3.47. The second kappa shape index (κ2) is 4.11. The number of likely N-dealkylation sites (N-methyl/N-ethyl adjacent to an activating group) is 1. The lowest BCUT2D eigenvalue weighted by molar-refractivity contribution is -0.129. The average Bonchev–Trinajstić information content (AvgIpc) is 2.79. The fraction of sp³-hybridized carbons (Fsp3) is 0.500. The van der Waals surface area contributed by atoms with Crippen molar-refractivity contribution in [2.75, 3.05) is 13.6 Å². The van der Waals surface area contributed by atoms with E-state index in [2.05, 4.69) is 11.4 Å². The molecule has 1 aromatic heterocycles. The van der Waals surface area contributed by atoms with Crippen molar-refractivity contribution >= 4 is 17.2 Å².